The Morgan fingerprint density at radius 3 is 2.28 bits per heavy atom. The van der Waals surface area contributed by atoms with Crippen molar-refractivity contribution in [1.29, 1.82) is 0 Å². The van der Waals surface area contributed by atoms with Gasteiger partial charge >= 0.3 is 5.97 Å². The van der Waals surface area contributed by atoms with Gasteiger partial charge in [0.1, 0.15) is 0 Å². The van der Waals surface area contributed by atoms with Crippen LogP contribution in [0.1, 0.15) is 69.5 Å². The van der Waals surface area contributed by atoms with E-state index in [4.69, 9.17) is 23.2 Å². The van der Waals surface area contributed by atoms with Crippen LogP contribution in [0.4, 0.5) is 0 Å². The standard InChI is InChI=1S/C27H33Cl2NO5S/c1-4-22(17-36(34,35)6-3)30-25(18-10-12-20(28)13-11-18)23(19-8-7-9-21(29)14-19)15-27(5-2,26(30)33)16-24(31)32/h7-14,22-23,25H,4-6,15-17H2,1-3H3,(H,31,32)/t22-,23?,25+,27+/m0/s1. The molecule has 9 heteroatoms. The summed E-state index contributed by atoms with van der Waals surface area (Å²) in [5.74, 6) is -1.91. The van der Waals surface area contributed by atoms with E-state index in [1.807, 2.05) is 44.2 Å². The molecule has 196 valence electrons. The van der Waals surface area contributed by atoms with Crippen LogP contribution in [0.25, 0.3) is 0 Å². The van der Waals surface area contributed by atoms with Gasteiger partial charge in [-0.2, -0.15) is 0 Å². The van der Waals surface area contributed by atoms with Gasteiger partial charge < -0.3 is 10.0 Å². The lowest BCUT2D eigenvalue weighted by atomic mass is 9.65. The predicted molar refractivity (Wildman–Crippen MR) is 143 cm³/mol. The molecule has 1 heterocycles. The van der Waals surface area contributed by atoms with E-state index in [0.717, 1.165) is 11.1 Å². The lowest BCUT2D eigenvalue weighted by Gasteiger charge is -2.52. The number of likely N-dealkylation sites (tertiary alicyclic amines) is 1. The topological polar surface area (TPSA) is 91.8 Å². The van der Waals surface area contributed by atoms with Crippen LogP contribution in [-0.4, -0.2) is 47.8 Å². The van der Waals surface area contributed by atoms with Gasteiger partial charge in [0.05, 0.1) is 23.6 Å². The molecule has 1 saturated heterocycles. The quantitative estimate of drug-likeness (QED) is 0.381. The molecule has 0 spiro atoms. The highest BCUT2D eigenvalue weighted by molar-refractivity contribution is 7.91. The van der Waals surface area contributed by atoms with Gasteiger partial charge in [0, 0.05) is 27.8 Å². The third kappa shape index (κ3) is 6.06. The van der Waals surface area contributed by atoms with E-state index in [0.29, 0.717) is 29.3 Å². The van der Waals surface area contributed by atoms with E-state index in [1.54, 1.807) is 30.0 Å². The fraction of sp³-hybridized carbons (Fsp3) is 0.481. The second-order valence-corrected chi connectivity index (χ2v) is 12.8. The number of carbonyl (C=O) groups is 2. The molecule has 2 aromatic rings. The van der Waals surface area contributed by atoms with Gasteiger partial charge in [-0.3, -0.25) is 9.59 Å². The number of rotatable bonds is 10. The zero-order valence-electron chi connectivity index (χ0n) is 20.8. The summed E-state index contributed by atoms with van der Waals surface area (Å²) in [6.45, 7) is 5.27. The van der Waals surface area contributed by atoms with Crippen LogP contribution < -0.4 is 0 Å². The average Bonchev–Trinajstić information content (AvgIpc) is 2.84. The summed E-state index contributed by atoms with van der Waals surface area (Å²) in [6, 6.07) is 13.4. The van der Waals surface area contributed by atoms with E-state index >= 15 is 0 Å². The van der Waals surface area contributed by atoms with Crippen molar-refractivity contribution in [1.82, 2.24) is 4.90 Å². The minimum absolute atomic E-state index is 0.0388. The van der Waals surface area contributed by atoms with Crippen molar-refractivity contribution in [2.75, 3.05) is 11.5 Å². The lowest BCUT2D eigenvalue weighted by Crippen LogP contribution is -2.58. The molecule has 0 aliphatic carbocycles. The zero-order chi connectivity index (χ0) is 26.7. The van der Waals surface area contributed by atoms with E-state index in [1.165, 1.54) is 0 Å². The third-order valence-electron chi connectivity index (χ3n) is 7.39. The fourth-order valence-corrected chi connectivity index (χ4v) is 6.90. The fourth-order valence-electron chi connectivity index (χ4n) is 5.36. The number of carboxylic acid groups (broad SMARTS) is 1. The molecule has 6 nitrogen and oxygen atoms in total. The summed E-state index contributed by atoms with van der Waals surface area (Å²) >= 11 is 12.5. The van der Waals surface area contributed by atoms with Crippen LogP contribution in [0.15, 0.2) is 48.5 Å². The molecule has 1 aliphatic rings. The van der Waals surface area contributed by atoms with E-state index in [-0.39, 0.29) is 29.8 Å². The highest BCUT2D eigenvalue weighted by atomic mass is 35.5. The smallest absolute Gasteiger partial charge is 0.304 e. The minimum atomic E-state index is -3.42. The van der Waals surface area contributed by atoms with Crippen LogP contribution in [0.3, 0.4) is 0 Å². The Labute approximate surface area is 223 Å². The Hall–Kier alpha value is -2.09. The second-order valence-electron chi connectivity index (χ2n) is 9.54. The van der Waals surface area contributed by atoms with Crippen molar-refractivity contribution in [3.05, 3.63) is 69.7 Å². The van der Waals surface area contributed by atoms with Crippen molar-refractivity contribution >= 4 is 44.9 Å². The van der Waals surface area contributed by atoms with Gasteiger partial charge in [-0.05, 0) is 54.7 Å². The Kier molecular flexibility index (Phi) is 9.12. The van der Waals surface area contributed by atoms with Crippen LogP contribution in [0.2, 0.25) is 10.0 Å². The number of hydrogen-bond donors (Lipinski definition) is 1. The van der Waals surface area contributed by atoms with Gasteiger partial charge in [0.25, 0.3) is 0 Å². The number of halogens is 2. The largest absolute Gasteiger partial charge is 0.481 e. The first-order valence-corrected chi connectivity index (χ1v) is 14.8. The van der Waals surface area contributed by atoms with Crippen molar-refractivity contribution in [2.45, 2.75) is 64.5 Å². The van der Waals surface area contributed by atoms with Gasteiger partial charge in [0.2, 0.25) is 5.91 Å². The Morgan fingerprint density at radius 2 is 1.75 bits per heavy atom. The number of piperidine rings is 1. The first kappa shape index (κ1) is 28.5. The van der Waals surface area contributed by atoms with Gasteiger partial charge in [-0.15, -0.1) is 0 Å². The number of benzene rings is 2. The number of hydrogen-bond acceptors (Lipinski definition) is 4. The Morgan fingerprint density at radius 1 is 1.08 bits per heavy atom. The number of carboxylic acids is 1. The van der Waals surface area contributed by atoms with Crippen molar-refractivity contribution in [3.63, 3.8) is 0 Å². The Bertz CT molecular complexity index is 1200. The Balaban J connectivity index is 2.30. The molecule has 0 radical (unpaired) electrons. The third-order valence-corrected chi connectivity index (χ3v) is 9.64. The van der Waals surface area contributed by atoms with Crippen molar-refractivity contribution < 1.29 is 23.1 Å². The highest BCUT2D eigenvalue weighted by Gasteiger charge is 2.54. The van der Waals surface area contributed by atoms with Crippen LogP contribution in [-0.2, 0) is 19.4 Å². The number of carbonyl (C=O) groups excluding carboxylic acids is 1. The molecule has 4 atom stereocenters. The number of amides is 1. The predicted octanol–water partition coefficient (Wildman–Crippen LogP) is 6.14. The summed E-state index contributed by atoms with van der Waals surface area (Å²) in [5.41, 5.74) is 0.506. The molecule has 0 bridgehead atoms. The molecule has 1 aliphatic heterocycles. The molecule has 1 fully saturated rings. The first-order valence-electron chi connectivity index (χ1n) is 12.2. The van der Waals surface area contributed by atoms with Crippen LogP contribution in [0.5, 0.6) is 0 Å². The SMILES string of the molecule is CC[C@@H](CS(=O)(=O)CC)N1C(=O)[C@@](CC)(CC(=O)O)CC(c2cccc(Cl)c2)[C@H]1c1ccc(Cl)cc1. The van der Waals surface area contributed by atoms with Crippen molar-refractivity contribution in [2.24, 2.45) is 5.41 Å². The summed E-state index contributed by atoms with van der Waals surface area (Å²) in [7, 11) is -3.42. The molecule has 3 rings (SSSR count). The van der Waals surface area contributed by atoms with Crippen molar-refractivity contribution in [3.8, 4) is 0 Å². The van der Waals surface area contributed by atoms with Gasteiger partial charge in [0.15, 0.2) is 9.84 Å². The summed E-state index contributed by atoms with van der Waals surface area (Å²) in [4.78, 5) is 27.9. The maximum atomic E-state index is 14.3. The number of sulfone groups is 1. The molecule has 36 heavy (non-hydrogen) atoms. The molecule has 0 saturated carbocycles. The number of aliphatic carboxylic acids is 1. The first-order chi connectivity index (χ1) is 17.0. The monoisotopic (exact) mass is 553 g/mol. The molecular formula is C27H33Cl2NO5S. The zero-order valence-corrected chi connectivity index (χ0v) is 23.1. The summed E-state index contributed by atoms with van der Waals surface area (Å²) in [5, 5.41) is 10.9. The average molecular weight is 555 g/mol. The minimum Gasteiger partial charge on any atom is -0.481 e. The molecule has 1 N–H and O–H groups in total. The number of nitrogens with zero attached hydrogens (tertiary/aromatic N) is 1. The van der Waals surface area contributed by atoms with E-state index in [2.05, 4.69) is 0 Å². The molecule has 1 unspecified atom stereocenters. The highest BCUT2D eigenvalue weighted by Crippen LogP contribution is 2.53. The normalized spacial score (nSPS) is 23.5. The van der Waals surface area contributed by atoms with E-state index < -0.39 is 33.3 Å². The van der Waals surface area contributed by atoms with Gasteiger partial charge in [-0.25, -0.2) is 8.42 Å². The maximum Gasteiger partial charge on any atom is 0.304 e. The second kappa shape index (κ2) is 11.5. The molecule has 1 amide bonds. The van der Waals surface area contributed by atoms with Crippen LogP contribution in [0, 0.1) is 5.41 Å². The molecule has 2 aromatic carbocycles. The lowest BCUT2D eigenvalue weighted by molar-refractivity contribution is -0.161. The maximum absolute atomic E-state index is 14.3. The van der Waals surface area contributed by atoms with E-state index in [9.17, 15) is 23.1 Å². The molecule has 0 aromatic heterocycles. The molecular weight excluding hydrogens is 521 g/mol. The van der Waals surface area contributed by atoms with Gasteiger partial charge in [-0.1, -0.05) is 68.2 Å². The summed E-state index contributed by atoms with van der Waals surface area (Å²) < 4.78 is 25.5. The summed E-state index contributed by atoms with van der Waals surface area (Å²) in [6.07, 6.45) is 0.691. The van der Waals surface area contributed by atoms with Crippen LogP contribution >= 0.6 is 23.2 Å².